The summed E-state index contributed by atoms with van der Waals surface area (Å²) in [6, 6.07) is 10.6. The molecule has 0 aliphatic carbocycles. The molecule has 1 unspecified atom stereocenters. The Morgan fingerprint density at radius 2 is 2.14 bits per heavy atom. The van der Waals surface area contributed by atoms with Crippen LogP contribution >= 0.6 is 11.6 Å². The Labute approximate surface area is 129 Å². The fourth-order valence-electron chi connectivity index (χ4n) is 2.72. The first-order chi connectivity index (χ1) is 10.2. The number of hydrogen-bond acceptors (Lipinski definition) is 2. The summed E-state index contributed by atoms with van der Waals surface area (Å²) >= 11 is 5.95. The number of alkyl halides is 1. The summed E-state index contributed by atoms with van der Waals surface area (Å²) < 4.78 is 2.28. The largest absolute Gasteiger partial charge is 0.321 e. The molecule has 0 amide bonds. The minimum absolute atomic E-state index is 0.184. The van der Waals surface area contributed by atoms with Gasteiger partial charge in [-0.1, -0.05) is 12.1 Å². The van der Waals surface area contributed by atoms with Crippen molar-refractivity contribution >= 4 is 22.6 Å². The fraction of sp³-hybridized carbons (Fsp3) is 0.294. The molecule has 1 atom stereocenters. The van der Waals surface area contributed by atoms with Crippen molar-refractivity contribution in [2.75, 3.05) is 5.88 Å². The fourth-order valence-corrected chi connectivity index (χ4v) is 2.89. The average molecular weight is 300 g/mol. The smallest absolute Gasteiger partial charge is 0.111 e. The number of rotatable bonds is 4. The van der Waals surface area contributed by atoms with E-state index in [1.165, 1.54) is 11.1 Å². The Morgan fingerprint density at radius 1 is 1.29 bits per heavy atom. The molecule has 0 aliphatic heterocycles. The van der Waals surface area contributed by atoms with Crippen molar-refractivity contribution in [2.24, 2.45) is 0 Å². The van der Waals surface area contributed by atoms with Crippen molar-refractivity contribution in [2.45, 2.75) is 26.3 Å². The number of fused-ring (bicyclic) bond motifs is 1. The van der Waals surface area contributed by atoms with Crippen LogP contribution in [0.25, 0.3) is 11.0 Å². The molecule has 0 radical (unpaired) electrons. The van der Waals surface area contributed by atoms with Gasteiger partial charge in [0.25, 0.3) is 0 Å². The molecule has 0 bridgehead atoms. The van der Waals surface area contributed by atoms with Gasteiger partial charge in [0, 0.05) is 24.7 Å². The van der Waals surface area contributed by atoms with Crippen LogP contribution in [-0.2, 0) is 6.42 Å². The molecule has 4 heteroatoms. The number of nitrogens with zero attached hydrogens (tertiary/aromatic N) is 3. The van der Waals surface area contributed by atoms with Gasteiger partial charge in [0.05, 0.1) is 17.1 Å². The number of aromatic nitrogens is 3. The number of imidazole rings is 1. The molecule has 0 N–H and O–H groups in total. The van der Waals surface area contributed by atoms with E-state index in [1.807, 2.05) is 12.3 Å². The van der Waals surface area contributed by atoms with Crippen molar-refractivity contribution in [3.05, 3.63) is 59.7 Å². The molecule has 3 rings (SSSR count). The van der Waals surface area contributed by atoms with Crippen LogP contribution in [0, 0.1) is 6.92 Å². The Morgan fingerprint density at radius 3 is 2.86 bits per heavy atom. The van der Waals surface area contributed by atoms with Crippen molar-refractivity contribution in [3.8, 4) is 0 Å². The second-order valence-electron chi connectivity index (χ2n) is 5.29. The van der Waals surface area contributed by atoms with Gasteiger partial charge >= 0.3 is 0 Å². The molecular weight excluding hydrogens is 282 g/mol. The summed E-state index contributed by atoms with van der Waals surface area (Å²) in [4.78, 5) is 8.98. The molecular formula is C17H18ClN3. The van der Waals surface area contributed by atoms with Crippen molar-refractivity contribution < 1.29 is 0 Å². The minimum atomic E-state index is 0.184. The number of benzene rings is 1. The topological polar surface area (TPSA) is 30.7 Å². The molecule has 2 aromatic heterocycles. The van der Waals surface area contributed by atoms with Crippen molar-refractivity contribution in [3.63, 3.8) is 0 Å². The zero-order valence-electron chi connectivity index (χ0n) is 12.3. The standard InChI is InChI=1S/C17H18ClN3/c1-12-5-6-15-16(10-12)21(17(20-15)7-8-18)13(2)14-4-3-9-19-11-14/h3-6,9-11,13H,7-8H2,1-2H3. The van der Waals surface area contributed by atoms with E-state index in [9.17, 15) is 0 Å². The van der Waals surface area contributed by atoms with Crippen LogP contribution < -0.4 is 0 Å². The SMILES string of the molecule is Cc1ccc2nc(CCCl)n(C(C)c3cccnc3)c2c1. The maximum atomic E-state index is 5.95. The highest BCUT2D eigenvalue weighted by atomic mass is 35.5. The lowest BCUT2D eigenvalue weighted by molar-refractivity contribution is 0.621. The van der Waals surface area contributed by atoms with Crippen LogP contribution in [0.2, 0.25) is 0 Å². The number of pyridine rings is 1. The maximum Gasteiger partial charge on any atom is 0.111 e. The van der Waals surface area contributed by atoms with Crippen LogP contribution in [0.4, 0.5) is 0 Å². The first kappa shape index (κ1) is 14.1. The van der Waals surface area contributed by atoms with E-state index in [0.29, 0.717) is 5.88 Å². The van der Waals surface area contributed by atoms with Gasteiger partial charge in [-0.15, -0.1) is 11.6 Å². The summed E-state index contributed by atoms with van der Waals surface area (Å²) in [5.41, 5.74) is 4.59. The lowest BCUT2D eigenvalue weighted by Gasteiger charge is -2.17. The Hall–Kier alpha value is -1.87. The second-order valence-corrected chi connectivity index (χ2v) is 5.67. The van der Waals surface area contributed by atoms with Gasteiger partial charge in [0.1, 0.15) is 5.82 Å². The first-order valence-electron chi connectivity index (χ1n) is 7.14. The van der Waals surface area contributed by atoms with Crippen LogP contribution in [0.3, 0.4) is 0 Å². The van der Waals surface area contributed by atoms with Crippen LogP contribution in [0.15, 0.2) is 42.7 Å². The number of hydrogen-bond donors (Lipinski definition) is 0. The molecule has 0 spiro atoms. The Balaban J connectivity index is 2.18. The van der Waals surface area contributed by atoms with Crippen LogP contribution in [0.1, 0.15) is 29.9 Å². The maximum absolute atomic E-state index is 5.95. The molecule has 0 aliphatic rings. The van der Waals surface area contributed by atoms with E-state index >= 15 is 0 Å². The average Bonchev–Trinajstić information content (AvgIpc) is 2.85. The highest BCUT2D eigenvalue weighted by molar-refractivity contribution is 6.17. The zero-order valence-corrected chi connectivity index (χ0v) is 13.0. The van der Waals surface area contributed by atoms with Crippen LogP contribution in [-0.4, -0.2) is 20.4 Å². The van der Waals surface area contributed by atoms with E-state index in [2.05, 4.69) is 47.7 Å². The van der Waals surface area contributed by atoms with E-state index < -0.39 is 0 Å². The zero-order chi connectivity index (χ0) is 14.8. The third-order valence-electron chi connectivity index (χ3n) is 3.79. The quantitative estimate of drug-likeness (QED) is 0.678. The number of halogens is 1. The van der Waals surface area contributed by atoms with Gasteiger partial charge in [0.15, 0.2) is 0 Å². The molecule has 0 saturated heterocycles. The molecule has 3 aromatic rings. The second kappa shape index (κ2) is 5.86. The molecule has 3 nitrogen and oxygen atoms in total. The van der Waals surface area contributed by atoms with Crippen molar-refractivity contribution in [1.82, 2.24) is 14.5 Å². The summed E-state index contributed by atoms with van der Waals surface area (Å²) in [5, 5.41) is 0. The summed E-state index contributed by atoms with van der Waals surface area (Å²) in [5.74, 6) is 1.60. The predicted molar refractivity (Wildman–Crippen MR) is 86.9 cm³/mol. The van der Waals surface area contributed by atoms with Crippen LogP contribution in [0.5, 0.6) is 0 Å². The normalized spacial score (nSPS) is 12.7. The third-order valence-corrected chi connectivity index (χ3v) is 3.98. The van der Waals surface area contributed by atoms with E-state index in [0.717, 1.165) is 23.3 Å². The number of aryl methyl sites for hydroxylation is 2. The van der Waals surface area contributed by atoms with Gasteiger partial charge in [0.2, 0.25) is 0 Å². The molecule has 21 heavy (non-hydrogen) atoms. The van der Waals surface area contributed by atoms with Gasteiger partial charge in [-0.05, 0) is 43.2 Å². The Kier molecular flexibility index (Phi) is 3.93. The van der Waals surface area contributed by atoms with Crippen molar-refractivity contribution in [1.29, 1.82) is 0 Å². The molecule has 108 valence electrons. The molecule has 2 heterocycles. The summed E-state index contributed by atoms with van der Waals surface area (Å²) in [6.07, 6.45) is 4.47. The van der Waals surface area contributed by atoms with Gasteiger partial charge < -0.3 is 4.57 Å². The lowest BCUT2D eigenvalue weighted by atomic mass is 10.1. The van der Waals surface area contributed by atoms with E-state index in [1.54, 1.807) is 6.20 Å². The first-order valence-corrected chi connectivity index (χ1v) is 7.67. The third kappa shape index (κ3) is 2.66. The molecule has 0 saturated carbocycles. The Bertz CT molecular complexity index is 749. The lowest BCUT2D eigenvalue weighted by Crippen LogP contribution is -2.11. The van der Waals surface area contributed by atoms with E-state index in [-0.39, 0.29) is 6.04 Å². The summed E-state index contributed by atoms with van der Waals surface area (Å²) in [6.45, 7) is 4.28. The van der Waals surface area contributed by atoms with Gasteiger partial charge in [-0.3, -0.25) is 4.98 Å². The predicted octanol–water partition coefficient (Wildman–Crippen LogP) is 4.13. The monoisotopic (exact) mass is 299 g/mol. The van der Waals surface area contributed by atoms with E-state index in [4.69, 9.17) is 16.6 Å². The van der Waals surface area contributed by atoms with Gasteiger partial charge in [-0.25, -0.2) is 4.98 Å². The van der Waals surface area contributed by atoms with Gasteiger partial charge in [-0.2, -0.15) is 0 Å². The minimum Gasteiger partial charge on any atom is -0.321 e. The molecule has 1 aromatic carbocycles. The highest BCUT2D eigenvalue weighted by Gasteiger charge is 2.17. The molecule has 0 fully saturated rings. The highest BCUT2D eigenvalue weighted by Crippen LogP contribution is 2.26. The summed E-state index contributed by atoms with van der Waals surface area (Å²) in [7, 11) is 0.